The van der Waals surface area contributed by atoms with E-state index in [2.05, 4.69) is 23.1 Å². The van der Waals surface area contributed by atoms with Crippen molar-refractivity contribution in [2.24, 2.45) is 5.92 Å². The summed E-state index contributed by atoms with van der Waals surface area (Å²) < 4.78 is 5.49. The Labute approximate surface area is 132 Å². The number of piperidine rings is 1. The number of carbonyl (C=O) groups excluding carboxylic acids is 1. The van der Waals surface area contributed by atoms with Crippen LogP contribution in [0.3, 0.4) is 0 Å². The third-order valence-corrected chi connectivity index (χ3v) is 6.45. The molecule has 3 nitrogen and oxygen atoms in total. The van der Waals surface area contributed by atoms with Crippen molar-refractivity contribution >= 4 is 5.91 Å². The second kappa shape index (κ2) is 5.00. The standard InChI is InChI=1S/C19H25NO2/c1-13(21)20-10-9-19-8-4-3-5-16(19)18(20)11-14-6-7-15(22-2)12-17(14)19/h6-7,12,16,18H,3-5,8-11H2,1-2H3/t16-,18+,19+/m1/s1. The summed E-state index contributed by atoms with van der Waals surface area (Å²) in [6.45, 7) is 2.66. The first-order valence-electron chi connectivity index (χ1n) is 8.60. The van der Waals surface area contributed by atoms with E-state index in [9.17, 15) is 4.79 Å². The normalized spacial score (nSPS) is 32.9. The summed E-state index contributed by atoms with van der Waals surface area (Å²) in [5.74, 6) is 1.87. The molecule has 118 valence electrons. The van der Waals surface area contributed by atoms with Crippen LogP contribution in [0.1, 0.15) is 50.2 Å². The smallest absolute Gasteiger partial charge is 0.219 e. The van der Waals surface area contributed by atoms with Gasteiger partial charge < -0.3 is 9.64 Å². The predicted octanol–water partition coefficient (Wildman–Crippen LogP) is 3.30. The third-order valence-electron chi connectivity index (χ3n) is 6.45. The molecule has 1 amide bonds. The van der Waals surface area contributed by atoms with Crippen LogP contribution < -0.4 is 4.74 Å². The highest BCUT2D eigenvalue weighted by Gasteiger charge is 2.54. The second-order valence-electron chi connectivity index (χ2n) is 7.27. The molecule has 0 unspecified atom stereocenters. The molecule has 1 heterocycles. The van der Waals surface area contributed by atoms with Crippen molar-refractivity contribution in [3.05, 3.63) is 29.3 Å². The number of hydrogen-bond acceptors (Lipinski definition) is 2. The van der Waals surface area contributed by atoms with E-state index in [-0.39, 0.29) is 11.3 Å². The van der Waals surface area contributed by atoms with E-state index in [1.807, 2.05) is 0 Å². The quantitative estimate of drug-likeness (QED) is 0.796. The van der Waals surface area contributed by atoms with Crippen molar-refractivity contribution < 1.29 is 9.53 Å². The van der Waals surface area contributed by atoms with Gasteiger partial charge in [-0.05, 0) is 54.9 Å². The highest BCUT2D eigenvalue weighted by atomic mass is 16.5. The minimum absolute atomic E-state index is 0.251. The van der Waals surface area contributed by atoms with Gasteiger partial charge in [-0.25, -0.2) is 0 Å². The van der Waals surface area contributed by atoms with E-state index in [1.165, 1.54) is 36.8 Å². The Balaban J connectivity index is 1.85. The van der Waals surface area contributed by atoms with Crippen LogP contribution >= 0.6 is 0 Å². The number of benzene rings is 1. The Kier molecular flexibility index (Phi) is 3.21. The lowest BCUT2D eigenvalue weighted by Crippen LogP contribution is -2.61. The van der Waals surface area contributed by atoms with Gasteiger partial charge in [0.05, 0.1) is 7.11 Å². The van der Waals surface area contributed by atoms with Crippen LogP contribution in [0.5, 0.6) is 5.75 Å². The molecule has 4 rings (SSSR count). The maximum Gasteiger partial charge on any atom is 0.219 e. The number of nitrogens with zero attached hydrogens (tertiary/aromatic N) is 1. The summed E-state index contributed by atoms with van der Waals surface area (Å²) in [6, 6.07) is 7.00. The monoisotopic (exact) mass is 299 g/mol. The Morgan fingerprint density at radius 1 is 1.32 bits per heavy atom. The van der Waals surface area contributed by atoms with Gasteiger partial charge >= 0.3 is 0 Å². The van der Waals surface area contributed by atoms with Gasteiger partial charge in [-0.2, -0.15) is 0 Å². The van der Waals surface area contributed by atoms with E-state index in [1.54, 1.807) is 14.0 Å². The zero-order valence-corrected chi connectivity index (χ0v) is 13.6. The van der Waals surface area contributed by atoms with Crippen molar-refractivity contribution in [1.82, 2.24) is 4.90 Å². The summed E-state index contributed by atoms with van der Waals surface area (Å²) in [5.41, 5.74) is 3.25. The highest BCUT2D eigenvalue weighted by Crippen LogP contribution is 2.56. The van der Waals surface area contributed by atoms with Gasteiger partial charge in [0.2, 0.25) is 5.91 Å². The lowest BCUT2D eigenvalue weighted by Gasteiger charge is -2.59. The second-order valence-corrected chi connectivity index (χ2v) is 7.27. The maximum atomic E-state index is 12.1. The van der Waals surface area contributed by atoms with Gasteiger partial charge in [0.1, 0.15) is 5.75 Å². The van der Waals surface area contributed by atoms with E-state index < -0.39 is 0 Å². The summed E-state index contributed by atoms with van der Waals surface area (Å²) in [5, 5.41) is 0. The minimum atomic E-state index is 0.251. The molecule has 3 atom stereocenters. The Morgan fingerprint density at radius 3 is 2.95 bits per heavy atom. The molecule has 22 heavy (non-hydrogen) atoms. The summed E-state index contributed by atoms with van der Waals surface area (Å²) >= 11 is 0. The van der Waals surface area contributed by atoms with Gasteiger partial charge in [0.25, 0.3) is 0 Å². The average molecular weight is 299 g/mol. The Morgan fingerprint density at radius 2 is 2.18 bits per heavy atom. The molecule has 3 aliphatic rings. The number of amides is 1. The van der Waals surface area contributed by atoms with Gasteiger partial charge in [-0.3, -0.25) is 4.79 Å². The fourth-order valence-electron chi connectivity index (χ4n) is 5.50. The number of rotatable bonds is 1. The molecule has 0 N–H and O–H groups in total. The number of ether oxygens (including phenoxy) is 1. The van der Waals surface area contributed by atoms with Crippen molar-refractivity contribution in [2.45, 2.75) is 56.9 Å². The van der Waals surface area contributed by atoms with E-state index in [0.29, 0.717) is 12.0 Å². The summed E-state index contributed by atoms with van der Waals surface area (Å²) in [4.78, 5) is 14.2. The molecule has 0 aromatic heterocycles. The SMILES string of the molecule is COc1ccc2c(c1)[C@]13CCCC[C@@H]1[C@H](C2)N(C(C)=O)CC3. The lowest BCUT2D eigenvalue weighted by atomic mass is 9.52. The molecular weight excluding hydrogens is 274 g/mol. The van der Waals surface area contributed by atoms with Crippen LogP contribution in [-0.4, -0.2) is 30.5 Å². The maximum absolute atomic E-state index is 12.1. The van der Waals surface area contributed by atoms with Gasteiger partial charge in [-0.15, -0.1) is 0 Å². The zero-order chi connectivity index (χ0) is 15.3. The van der Waals surface area contributed by atoms with E-state index >= 15 is 0 Å². The van der Waals surface area contributed by atoms with Crippen LogP contribution in [-0.2, 0) is 16.6 Å². The molecular formula is C19H25NO2. The highest BCUT2D eigenvalue weighted by molar-refractivity contribution is 5.74. The molecule has 1 saturated carbocycles. The number of likely N-dealkylation sites (tertiary alicyclic amines) is 1. The molecule has 1 aromatic carbocycles. The Hall–Kier alpha value is -1.51. The third kappa shape index (κ3) is 1.84. The number of fused-ring (bicyclic) bond motifs is 1. The van der Waals surface area contributed by atoms with Crippen molar-refractivity contribution in [1.29, 1.82) is 0 Å². The lowest BCUT2D eigenvalue weighted by molar-refractivity contribution is -0.138. The number of carbonyl (C=O) groups is 1. The van der Waals surface area contributed by atoms with Crippen molar-refractivity contribution in [2.75, 3.05) is 13.7 Å². The van der Waals surface area contributed by atoms with Crippen LogP contribution in [0.4, 0.5) is 0 Å². The molecule has 1 aliphatic heterocycles. The van der Waals surface area contributed by atoms with Crippen LogP contribution in [0.25, 0.3) is 0 Å². The van der Waals surface area contributed by atoms with Gasteiger partial charge in [0.15, 0.2) is 0 Å². The molecule has 1 aromatic rings. The first-order chi connectivity index (χ1) is 10.7. The molecule has 1 saturated heterocycles. The van der Waals surface area contributed by atoms with E-state index in [4.69, 9.17) is 4.74 Å². The van der Waals surface area contributed by atoms with Gasteiger partial charge in [-0.1, -0.05) is 18.9 Å². The molecule has 0 spiro atoms. The fraction of sp³-hybridized carbons (Fsp3) is 0.632. The zero-order valence-electron chi connectivity index (χ0n) is 13.6. The summed E-state index contributed by atoms with van der Waals surface area (Å²) in [7, 11) is 1.75. The van der Waals surface area contributed by atoms with Crippen LogP contribution in [0.15, 0.2) is 18.2 Å². The van der Waals surface area contributed by atoms with Crippen molar-refractivity contribution in [3.8, 4) is 5.75 Å². The average Bonchev–Trinajstić information content (AvgIpc) is 2.54. The minimum Gasteiger partial charge on any atom is -0.497 e. The molecule has 2 fully saturated rings. The number of methoxy groups -OCH3 is 1. The first-order valence-corrected chi connectivity index (χ1v) is 8.60. The predicted molar refractivity (Wildman–Crippen MR) is 86.1 cm³/mol. The molecule has 2 aliphatic carbocycles. The van der Waals surface area contributed by atoms with Gasteiger partial charge in [0, 0.05) is 24.9 Å². The fourth-order valence-corrected chi connectivity index (χ4v) is 5.50. The Bertz CT molecular complexity index is 611. The largest absolute Gasteiger partial charge is 0.497 e. The molecule has 3 heteroatoms. The molecule has 2 bridgehead atoms. The van der Waals surface area contributed by atoms with Crippen LogP contribution in [0.2, 0.25) is 0 Å². The first kappa shape index (κ1) is 14.1. The van der Waals surface area contributed by atoms with E-state index in [0.717, 1.165) is 25.1 Å². The van der Waals surface area contributed by atoms with Crippen molar-refractivity contribution in [3.63, 3.8) is 0 Å². The topological polar surface area (TPSA) is 29.5 Å². The molecule has 0 radical (unpaired) electrons. The summed E-state index contributed by atoms with van der Waals surface area (Å²) in [6.07, 6.45) is 7.32. The number of hydrogen-bond donors (Lipinski definition) is 0. The van der Waals surface area contributed by atoms with Crippen LogP contribution in [0, 0.1) is 5.92 Å².